The highest BCUT2D eigenvalue weighted by Gasteiger charge is 2.44. The summed E-state index contributed by atoms with van der Waals surface area (Å²) in [5.41, 5.74) is 0.149. The van der Waals surface area contributed by atoms with E-state index in [1.807, 2.05) is 0 Å². The van der Waals surface area contributed by atoms with Gasteiger partial charge in [0, 0.05) is 12.6 Å². The molecule has 2 unspecified atom stereocenters. The molecule has 2 rings (SSSR count). The number of ether oxygens (including phenoxy) is 1. The van der Waals surface area contributed by atoms with E-state index in [0.29, 0.717) is 24.0 Å². The molecule has 1 spiro atoms. The Morgan fingerprint density at radius 3 is 2.30 bits per heavy atom. The van der Waals surface area contributed by atoms with E-state index in [-0.39, 0.29) is 5.60 Å². The highest BCUT2D eigenvalue weighted by molar-refractivity contribution is 4.97. The molecule has 2 heteroatoms. The summed E-state index contributed by atoms with van der Waals surface area (Å²) in [5.74, 6) is 2.31. The largest absolute Gasteiger partial charge is 0.369 e. The monoisotopic (exact) mass is 281 g/mol. The van der Waals surface area contributed by atoms with Crippen LogP contribution in [0.25, 0.3) is 0 Å². The first kappa shape index (κ1) is 16.3. The predicted octanol–water partition coefficient (Wildman–Crippen LogP) is 4.38. The summed E-state index contributed by atoms with van der Waals surface area (Å²) in [4.78, 5) is 0. The maximum atomic E-state index is 6.73. The first-order valence-corrected chi connectivity index (χ1v) is 8.87. The zero-order valence-corrected chi connectivity index (χ0v) is 14.2. The third-order valence-electron chi connectivity index (χ3n) is 5.48. The van der Waals surface area contributed by atoms with Gasteiger partial charge < -0.3 is 10.1 Å². The molecule has 1 saturated heterocycles. The van der Waals surface area contributed by atoms with Gasteiger partial charge in [-0.3, -0.25) is 0 Å². The van der Waals surface area contributed by atoms with Crippen LogP contribution in [0, 0.1) is 17.8 Å². The highest BCUT2D eigenvalue weighted by Crippen LogP contribution is 2.40. The number of hydrogen-bond acceptors (Lipinski definition) is 2. The van der Waals surface area contributed by atoms with Crippen molar-refractivity contribution in [1.29, 1.82) is 0 Å². The van der Waals surface area contributed by atoms with E-state index in [0.717, 1.165) is 12.5 Å². The first-order valence-electron chi connectivity index (χ1n) is 8.87. The minimum Gasteiger partial charge on any atom is -0.369 e. The zero-order chi connectivity index (χ0) is 14.8. The lowest BCUT2D eigenvalue weighted by Gasteiger charge is -2.50. The molecule has 0 amide bonds. The lowest BCUT2D eigenvalue weighted by molar-refractivity contribution is -0.165. The molecule has 1 N–H and O–H groups in total. The molecular formula is C18H35NO. The summed E-state index contributed by atoms with van der Waals surface area (Å²) in [6.07, 6.45) is 8.18. The van der Waals surface area contributed by atoms with Crippen LogP contribution in [0.1, 0.15) is 73.1 Å². The smallest absolute Gasteiger partial charge is 0.0811 e. The Bertz CT molecular complexity index is 292. The average molecular weight is 281 g/mol. The Labute approximate surface area is 126 Å². The number of morpholine rings is 1. The van der Waals surface area contributed by atoms with Crippen LogP contribution in [0.5, 0.6) is 0 Å². The second kappa shape index (κ2) is 6.79. The van der Waals surface area contributed by atoms with E-state index in [1.165, 1.54) is 38.5 Å². The summed E-state index contributed by atoms with van der Waals surface area (Å²) in [6, 6.07) is 0.534. The van der Waals surface area contributed by atoms with Crippen molar-refractivity contribution >= 4 is 0 Å². The third kappa shape index (κ3) is 3.76. The molecule has 2 fully saturated rings. The van der Waals surface area contributed by atoms with E-state index >= 15 is 0 Å². The van der Waals surface area contributed by atoms with E-state index < -0.39 is 0 Å². The van der Waals surface area contributed by atoms with Gasteiger partial charge in [-0.15, -0.1) is 0 Å². The Hall–Kier alpha value is -0.0800. The van der Waals surface area contributed by atoms with Crippen molar-refractivity contribution in [3.05, 3.63) is 0 Å². The molecule has 118 valence electrons. The Morgan fingerprint density at radius 1 is 1.15 bits per heavy atom. The molecule has 1 aliphatic carbocycles. The molecule has 2 nitrogen and oxygen atoms in total. The van der Waals surface area contributed by atoms with Crippen LogP contribution in [-0.2, 0) is 4.74 Å². The van der Waals surface area contributed by atoms with Gasteiger partial charge in [0.2, 0.25) is 0 Å². The molecule has 0 bridgehead atoms. The predicted molar refractivity (Wildman–Crippen MR) is 85.9 cm³/mol. The molecule has 0 aromatic carbocycles. The molecular weight excluding hydrogens is 246 g/mol. The zero-order valence-electron chi connectivity index (χ0n) is 14.2. The molecule has 20 heavy (non-hydrogen) atoms. The lowest BCUT2D eigenvalue weighted by atomic mass is 9.75. The molecule has 2 aliphatic rings. The average Bonchev–Trinajstić information content (AvgIpc) is 2.39. The van der Waals surface area contributed by atoms with Crippen molar-refractivity contribution in [3.63, 3.8) is 0 Å². The molecule has 0 radical (unpaired) electrons. The second-order valence-corrected chi connectivity index (χ2v) is 7.97. The van der Waals surface area contributed by atoms with Crippen molar-refractivity contribution in [2.75, 3.05) is 6.54 Å². The number of nitrogens with one attached hydrogen (secondary N) is 1. The van der Waals surface area contributed by atoms with Crippen molar-refractivity contribution in [2.45, 2.75) is 90.9 Å². The van der Waals surface area contributed by atoms with Gasteiger partial charge in [-0.1, -0.05) is 41.0 Å². The quantitative estimate of drug-likeness (QED) is 0.825. The summed E-state index contributed by atoms with van der Waals surface area (Å²) in [7, 11) is 0. The minimum absolute atomic E-state index is 0.149. The summed E-state index contributed by atoms with van der Waals surface area (Å²) in [6.45, 7) is 12.7. The van der Waals surface area contributed by atoms with Crippen molar-refractivity contribution in [3.8, 4) is 0 Å². The van der Waals surface area contributed by atoms with Crippen molar-refractivity contribution in [1.82, 2.24) is 5.32 Å². The van der Waals surface area contributed by atoms with Crippen LogP contribution >= 0.6 is 0 Å². The van der Waals surface area contributed by atoms with Gasteiger partial charge in [-0.2, -0.15) is 0 Å². The normalized spacial score (nSPS) is 38.9. The van der Waals surface area contributed by atoms with Crippen LogP contribution in [-0.4, -0.2) is 24.3 Å². The minimum atomic E-state index is 0.149. The third-order valence-corrected chi connectivity index (χ3v) is 5.48. The van der Waals surface area contributed by atoms with E-state index in [2.05, 4.69) is 39.9 Å². The Balaban J connectivity index is 2.01. The Kier molecular flexibility index (Phi) is 5.53. The summed E-state index contributed by atoms with van der Waals surface area (Å²) < 4.78 is 6.73. The maximum absolute atomic E-state index is 6.73. The van der Waals surface area contributed by atoms with Gasteiger partial charge in [-0.25, -0.2) is 0 Å². The van der Waals surface area contributed by atoms with Crippen molar-refractivity contribution in [2.24, 2.45) is 17.8 Å². The fourth-order valence-electron chi connectivity index (χ4n) is 4.10. The highest BCUT2D eigenvalue weighted by atomic mass is 16.5. The van der Waals surface area contributed by atoms with Gasteiger partial charge in [0.15, 0.2) is 0 Å². The van der Waals surface area contributed by atoms with Crippen LogP contribution in [0.4, 0.5) is 0 Å². The standard InChI is InChI=1S/C18H35NO/c1-6-15-7-9-18(10-8-15)12-19-17(14(4)5)16(20-18)11-13(2)3/h13-17,19H,6-12H2,1-5H3. The van der Waals surface area contributed by atoms with E-state index in [1.54, 1.807) is 0 Å². The van der Waals surface area contributed by atoms with Gasteiger partial charge >= 0.3 is 0 Å². The molecule has 0 aromatic heterocycles. The lowest BCUT2D eigenvalue weighted by Crippen LogP contribution is -2.61. The summed E-state index contributed by atoms with van der Waals surface area (Å²) in [5, 5.41) is 3.84. The number of rotatable bonds is 4. The van der Waals surface area contributed by atoms with Gasteiger partial charge in [0.1, 0.15) is 0 Å². The SMILES string of the molecule is CCC1CCC2(CC1)CNC(C(C)C)C(CC(C)C)O2. The fraction of sp³-hybridized carbons (Fsp3) is 1.00. The van der Waals surface area contributed by atoms with E-state index in [4.69, 9.17) is 4.74 Å². The van der Waals surface area contributed by atoms with Gasteiger partial charge in [-0.05, 0) is 49.9 Å². The molecule has 1 aliphatic heterocycles. The van der Waals surface area contributed by atoms with Crippen LogP contribution in [0.3, 0.4) is 0 Å². The van der Waals surface area contributed by atoms with E-state index in [9.17, 15) is 0 Å². The van der Waals surface area contributed by atoms with Gasteiger partial charge in [0.25, 0.3) is 0 Å². The van der Waals surface area contributed by atoms with Crippen molar-refractivity contribution < 1.29 is 4.74 Å². The Morgan fingerprint density at radius 2 is 1.80 bits per heavy atom. The van der Waals surface area contributed by atoms with Crippen LogP contribution < -0.4 is 5.32 Å². The molecule has 2 atom stereocenters. The fourth-order valence-corrected chi connectivity index (χ4v) is 4.10. The molecule has 1 heterocycles. The number of hydrogen-bond donors (Lipinski definition) is 1. The van der Waals surface area contributed by atoms with Crippen LogP contribution in [0.2, 0.25) is 0 Å². The molecule has 0 aromatic rings. The first-order chi connectivity index (χ1) is 9.46. The second-order valence-electron chi connectivity index (χ2n) is 7.97. The summed E-state index contributed by atoms with van der Waals surface area (Å²) >= 11 is 0. The van der Waals surface area contributed by atoms with Crippen LogP contribution in [0.15, 0.2) is 0 Å². The van der Waals surface area contributed by atoms with Gasteiger partial charge in [0.05, 0.1) is 11.7 Å². The molecule has 1 saturated carbocycles. The topological polar surface area (TPSA) is 21.3 Å². The maximum Gasteiger partial charge on any atom is 0.0811 e.